The van der Waals surface area contributed by atoms with Crippen LogP contribution in [0.15, 0.2) is 28.8 Å². The van der Waals surface area contributed by atoms with E-state index >= 15 is 0 Å². The van der Waals surface area contributed by atoms with Crippen molar-refractivity contribution in [2.24, 2.45) is 5.73 Å². The maximum atomic E-state index is 11.5. The summed E-state index contributed by atoms with van der Waals surface area (Å²) in [6.45, 7) is 1.20. The van der Waals surface area contributed by atoms with Crippen LogP contribution in [0, 0.1) is 0 Å². The van der Waals surface area contributed by atoms with Gasteiger partial charge in [0, 0.05) is 30.0 Å². The fourth-order valence-corrected chi connectivity index (χ4v) is 2.02. The molecule has 0 aliphatic heterocycles. The first kappa shape index (κ1) is 16.5. The van der Waals surface area contributed by atoms with Crippen LogP contribution in [0.4, 0.5) is 0 Å². The fourth-order valence-electron chi connectivity index (χ4n) is 1.89. The number of rotatable bonds is 8. The number of aryl methyl sites for hydroxylation is 1. The molecule has 118 valence electrons. The van der Waals surface area contributed by atoms with Crippen LogP contribution in [0.2, 0.25) is 5.02 Å². The van der Waals surface area contributed by atoms with Crippen molar-refractivity contribution in [1.82, 2.24) is 15.5 Å². The third-order valence-electron chi connectivity index (χ3n) is 3.07. The fraction of sp³-hybridized carbons (Fsp3) is 0.400. The standard InChI is InChI=1S/C15H19ClN4O2/c16-12-7-5-11(6-8-12)15-19-14(22-20-15)4-1-3-13(21)18-10-2-9-17/h5-8H,1-4,9-10,17H2,(H,18,21). The van der Waals surface area contributed by atoms with Gasteiger partial charge in [-0.05, 0) is 43.7 Å². The second-order valence-corrected chi connectivity index (χ2v) is 5.30. The number of halogens is 1. The Hall–Kier alpha value is -1.92. The molecule has 22 heavy (non-hydrogen) atoms. The van der Waals surface area contributed by atoms with E-state index in [1.54, 1.807) is 12.1 Å². The molecule has 7 heteroatoms. The third kappa shape index (κ3) is 5.13. The average molecular weight is 323 g/mol. The number of carbonyl (C=O) groups excluding carboxylic acids is 1. The summed E-state index contributed by atoms with van der Waals surface area (Å²) in [6.07, 6.45) is 2.46. The minimum Gasteiger partial charge on any atom is -0.356 e. The van der Waals surface area contributed by atoms with E-state index in [2.05, 4.69) is 15.5 Å². The van der Waals surface area contributed by atoms with Crippen LogP contribution in [-0.4, -0.2) is 29.1 Å². The van der Waals surface area contributed by atoms with Gasteiger partial charge in [0.25, 0.3) is 0 Å². The van der Waals surface area contributed by atoms with Crippen LogP contribution in [0.5, 0.6) is 0 Å². The molecule has 1 amide bonds. The molecule has 0 atom stereocenters. The lowest BCUT2D eigenvalue weighted by Gasteiger charge is -2.02. The van der Waals surface area contributed by atoms with Crippen LogP contribution < -0.4 is 11.1 Å². The van der Waals surface area contributed by atoms with Gasteiger partial charge in [-0.1, -0.05) is 16.8 Å². The number of carbonyl (C=O) groups is 1. The Balaban J connectivity index is 1.78. The maximum Gasteiger partial charge on any atom is 0.226 e. The Morgan fingerprint density at radius 3 is 2.77 bits per heavy atom. The number of amides is 1. The molecule has 0 unspecified atom stereocenters. The van der Waals surface area contributed by atoms with E-state index in [1.165, 1.54) is 0 Å². The largest absolute Gasteiger partial charge is 0.356 e. The predicted octanol–water partition coefficient (Wildman–Crippen LogP) is 2.18. The van der Waals surface area contributed by atoms with E-state index < -0.39 is 0 Å². The van der Waals surface area contributed by atoms with E-state index in [0.29, 0.717) is 49.1 Å². The summed E-state index contributed by atoms with van der Waals surface area (Å²) in [5.41, 5.74) is 6.21. The average Bonchev–Trinajstić information content (AvgIpc) is 2.97. The highest BCUT2D eigenvalue weighted by Crippen LogP contribution is 2.19. The third-order valence-corrected chi connectivity index (χ3v) is 3.32. The molecule has 0 spiro atoms. The zero-order chi connectivity index (χ0) is 15.8. The number of nitrogens with zero attached hydrogens (tertiary/aromatic N) is 2. The van der Waals surface area contributed by atoms with Crippen molar-refractivity contribution in [2.75, 3.05) is 13.1 Å². The van der Waals surface area contributed by atoms with Crippen LogP contribution in [-0.2, 0) is 11.2 Å². The minimum atomic E-state index is 0.0193. The molecule has 0 saturated carbocycles. The van der Waals surface area contributed by atoms with Crippen molar-refractivity contribution in [2.45, 2.75) is 25.7 Å². The molecule has 0 fully saturated rings. The Morgan fingerprint density at radius 1 is 1.27 bits per heavy atom. The highest BCUT2D eigenvalue weighted by atomic mass is 35.5. The zero-order valence-electron chi connectivity index (χ0n) is 12.2. The summed E-state index contributed by atoms with van der Waals surface area (Å²) < 4.78 is 5.19. The van der Waals surface area contributed by atoms with Gasteiger partial charge in [-0.25, -0.2) is 0 Å². The van der Waals surface area contributed by atoms with Gasteiger partial charge in [-0.3, -0.25) is 4.79 Å². The molecule has 2 aromatic rings. The molecule has 1 aromatic carbocycles. The molecule has 1 heterocycles. The number of aromatic nitrogens is 2. The summed E-state index contributed by atoms with van der Waals surface area (Å²) in [6, 6.07) is 7.22. The second kappa shape index (κ2) is 8.51. The van der Waals surface area contributed by atoms with Crippen molar-refractivity contribution in [3.8, 4) is 11.4 Å². The smallest absolute Gasteiger partial charge is 0.226 e. The predicted molar refractivity (Wildman–Crippen MR) is 84.4 cm³/mol. The molecule has 1 aromatic heterocycles. The molecule has 0 saturated heterocycles. The van der Waals surface area contributed by atoms with Crippen molar-refractivity contribution in [3.05, 3.63) is 35.2 Å². The van der Waals surface area contributed by atoms with Crippen LogP contribution in [0.25, 0.3) is 11.4 Å². The number of nitrogens with one attached hydrogen (secondary N) is 1. The quantitative estimate of drug-likeness (QED) is 0.726. The topological polar surface area (TPSA) is 94.0 Å². The highest BCUT2D eigenvalue weighted by molar-refractivity contribution is 6.30. The van der Waals surface area contributed by atoms with Gasteiger partial charge in [-0.15, -0.1) is 0 Å². The Kier molecular flexibility index (Phi) is 6.36. The Morgan fingerprint density at radius 2 is 2.05 bits per heavy atom. The van der Waals surface area contributed by atoms with Gasteiger partial charge in [0.15, 0.2) is 0 Å². The lowest BCUT2D eigenvalue weighted by Crippen LogP contribution is -2.25. The Labute approximate surface area is 134 Å². The Bertz CT molecular complexity index is 598. The molecular weight excluding hydrogens is 304 g/mol. The molecule has 0 aliphatic carbocycles. The summed E-state index contributed by atoms with van der Waals surface area (Å²) in [7, 11) is 0. The summed E-state index contributed by atoms with van der Waals surface area (Å²) in [4.78, 5) is 15.8. The van der Waals surface area contributed by atoms with Gasteiger partial charge in [-0.2, -0.15) is 4.98 Å². The summed E-state index contributed by atoms with van der Waals surface area (Å²) >= 11 is 5.84. The summed E-state index contributed by atoms with van der Waals surface area (Å²) in [5.74, 6) is 1.07. The molecule has 0 aliphatic rings. The zero-order valence-corrected chi connectivity index (χ0v) is 13.0. The van der Waals surface area contributed by atoms with Gasteiger partial charge in [0.1, 0.15) is 0 Å². The van der Waals surface area contributed by atoms with Crippen molar-refractivity contribution in [1.29, 1.82) is 0 Å². The first-order valence-electron chi connectivity index (χ1n) is 7.24. The number of hydrogen-bond donors (Lipinski definition) is 2. The first-order valence-corrected chi connectivity index (χ1v) is 7.62. The monoisotopic (exact) mass is 322 g/mol. The van der Waals surface area contributed by atoms with Gasteiger partial charge in [0.05, 0.1) is 0 Å². The van der Waals surface area contributed by atoms with E-state index in [0.717, 1.165) is 12.0 Å². The van der Waals surface area contributed by atoms with Gasteiger partial charge >= 0.3 is 0 Å². The van der Waals surface area contributed by atoms with Crippen molar-refractivity contribution < 1.29 is 9.32 Å². The molecular formula is C15H19ClN4O2. The number of hydrogen-bond acceptors (Lipinski definition) is 5. The molecule has 0 bridgehead atoms. The van der Waals surface area contributed by atoms with E-state index in [1.807, 2.05) is 12.1 Å². The van der Waals surface area contributed by atoms with Crippen LogP contribution in [0.1, 0.15) is 25.2 Å². The maximum absolute atomic E-state index is 11.5. The molecule has 0 radical (unpaired) electrons. The SMILES string of the molecule is NCCCNC(=O)CCCc1nc(-c2ccc(Cl)cc2)no1. The van der Waals surface area contributed by atoms with Crippen molar-refractivity contribution in [3.63, 3.8) is 0 Å². The van der Waals surface area contributed by atoms with E-state index in [9.17, 15) is 4.79 Å². The van der Waals surface area contributed by atoms with Gasteiger partial charge < -0.3 is 15.6 Å². The normalized spacial score (nSPS) is 10.6. The lowest BCUT2D eigenvalue weighted by atomic mass is 10.2. The van der Waals surface area contributed by atoms with Crippen LogP contribution in [0.3, 0.4) is 0 Å². The number of nitrogens with two attached hydrogens (primary N) is 1. The van der Waals surface area contributed by atoms with E-state index in [4.69, 9.17) is 21.9 Å². The van der Waals surface area contributed by atoms with Gasteiger partial charge in [0.2, 0.25) is 17.6 Å². The van der Waals surface area contributed by atoms with E-state index in [-0.39, 0.29) is 5.91 Å². The summed E-state index contributed by atoms with van der Waals surface area (Å²) in [5, 5.41) is 7.40. The molecule has 6 nitrogen and oxygen atoms in total. The van der Waals surface area contributed by atoms with Crippen molar-refractivity contribution >= 4 is 17.5 Å². The first-order chi connectivity index (χ1) is 10.7. The second-order valence-electron chi connectivity index (χ2n) is 4.86. The number of benzene rings is 1. The highest BCUT2D eigenvalue weighted by Gasteiger charge is 2.09. The molecule has 3 N–H and O–H groups in total. The molecule has 2 rings (SSSR count). The van der Waals surface area contributed by atoms with Crippen LogP contribution >= 0.6 is 11.6 Å². The lowest BCUT2D eigenvalue weighted by molar-refractivity contribution is -0.121. The minimum absolute atomic E-state index is 0.0193.